The third kappa shape index (κ3) is 7.96. The molecule has 13 heteroatoms. The van der Waals surface area contributed by atoms with Gasteiger partial charge in [0.1, 0.15) is 0 Å². The second-order valence-electron chi connectivity index (χ2n) is 6.83. The molecule has 9 nitrogen and oxygen atoms in total. The van der Waals surface area contributed by atoms with Gasteiger partial charge in [0.25, 0.3) is 0 Å². The lowest BCUT2D eigenvalue weighted by molar-refractivity contribution is -0.140. The molecule has 35 heavy (non-hydrogen) atoms. The predicted molar refractivity (Wildman–Crippen MR) is 141 cm³/mol. The summed E-state index contributed by atoms with van der Waals surface area (Å²) >= 11 is 5.80. The molecule has 0 aromatic carbocycles. The van der Waals surface area contributed by atoms with Crippen LogP contribution in [0.15, 0.2) is 35.0 Å². The van der Waals surface area contributed by atoms with Gasteiger partial charge in [0.05, 0.1) is 48.2 Å². The average molecular weight is 551 g/mol. The van der Waals surface area contributed by atoms with Crippen LogP contribution in [0.25, 0.3) is 21.1 Å². The second kappa shape index (κ2) is 12.5. The van der Waals surface area contributed by atoms with Gasteiger partial charge in [-0.3, -0.25) is 14.4 Å². The number of esters is 2. The van der Waals surface area contributed by atoms with Crippen molar-refractivity contribution in [2.75, 3.05) is 25.3 Å². The number of aromatic nitrogens is 2. The van der Waals surface area contributed by atoms with Gasteiger partial charge >= 0.3 is 11.9 Å². The molecular formula is C22H22N4O5S4. The standard InChI is InChI=1S/C12H12N2O3S2.C10H10N2O2S2/c1-7(15)13-12-14-9(6-18-12)10-4-3-8(19-10)5-11(16)17-2;1-14-9(13)4-6-2-3-8(16-6)7-5-15-10(11)12-7/h3-4,6H,5H2,1-2H3,(H,13,14,15);2-3,5H,4H2,1H3,(H2,11,12). The zero-order valence-corrected chi connectivity index (χ0v) is 22.3. The first-order chi connectivity index (χ1) is 16.8. The van der Waals surface area contributed by atoms with Crippen molar-refractivity contribution in [3.05, 3.63) is 44.8 Å². The average Bonchev–Trinajstić information content (AvgIpc) is 3.61. The number of ether oxygens (including phenoxy) is 2. The summed E-state index contributed by atoms with van der Waals surface area (Å²) in [5, 5.41) is 7.55. The molecule has 3 N–H and O–H groups in total. The van der Waals surface area contributed by atoms with E-state index in [1.165, 1.54) is 66.5 Å². The van der Waals surface area contributed by atoms with E-state index in [2.05, 4.69) is 24.8 Å². The molecule has 0 radical (unpaired) electrons. The summed E-state index contributed by atoms with van der Waals surface area (Å²) in [6, 6.07) is 7.65. The summed E-state index contributed by atoms with van der Waals surface area (Å²) in [7, 11) is 2.76. The third-order valence-corrected chi connectivity index (χ3v) is 7.88. The molecule has 4 aromatic rings. The van der Waals surface area contributed by atoms with Crippen molar-refractivity contribution in [1.29, 1.82) is 0 Å². The van der Waals surface area contributed by atoms with Crippen molar-refractivity contribution in [1.82, 2.24) is 9.97 Å². The van der Waals surface area contributed by atoms with Crippen LogP contribution in [0.3, 0.4) is 0 Å². The quantitative estimate of drug-likeness (QED) is 0.316. The Morgan fingerprint density at radius 2 is 1.37 bits per heavy atom. The van der Waals surface area contributed by atoms with Crippen molar-refractivity contribution in [3.63, 3.8) is 0 Å². The van der Waals surface area contributed by atoms with E-state index in [9.17, 15) is 14.4 Å². The van der Waals surface area contributed by atoms with Crippen LogP contribution in [0, 0.1) is 0 Å². The Labute approximate surface area is 217 Å². The van der Waals surface area contributed by atoms with E-state index >= 15 is 0 Å². The van der Waals surface area contributed by atoms with Crippen LogP contribution in [0.2, 0.25) is 0 Å². The van der Waals surface area contributed by atoms with Crippen molar-refractivity contribution < 1.29 is 23.9 Å². The zero-order chi connectivity index (χ0) is 25.4. The lowest BCUT2D eigenvalue weighted by Crippen LogP contribution is -2.04. The van der Waals surface area contributed by atoms with Gasteiger partial charge in [-0.2, -0.15) is 0 Å². The molecule has 184 valence electrons. The maximum absolute atomic E-state index is 11.2. The SMILES string of the molecule is COC(=O)Cc1ccc(-c2csc(N)n2)s1.COC(=O)Cc1ccc(-c2csc(NC(C)=O)n2)s1. The van der Waals surface area contributed by atoms with Crippen LogP contribution in [0.4, 0.5) is 10.3 Å². The number of methoxy groups -OCH3 is 2. The minimum Gasteiger partial charge on any atom is -0.469 e. The van der Waals surface area contributed by atoms with E-state index in [0.29, 0.717) is 16.7 Å². The highest BCUT2D eigenvalue weighted by Crippen LogP contribution is 2.31. The van der Waals surface area contributed by atoms with Crippen LogP contribution in [0.1, 0.15) is 16.7 Å². The molecule has 0 aliphatic heterocycles. The Morgan fingerprint density at radius 1 is 0.857 bits per heavy atom. The van der Waals surface area contributed by atoms with Crippen LogP contribution < -0.4 is 11.1 Å². The maximum Gasteiger partial charge on any atom is 0.310 e. The predicted octanol–water partition coefficient (Wildman–Crippen LogP) is 4.71. The first-order valence-electron chi connectivity index (χ1n) is 10.0. The maximum atomic E-state index is 11.2. The zero-order valence-electron chi connectivity index (χ0n) is 19.0. The monoisotopic (exact) mass is 550 g/mol. The molecule has 4 aromatic heterocycles. The number of thiazole rings is 2. The fraction of sp³-hybridized carbons (Fsp3) is 0.227. The number of carbonyl (C=O) groups excluding carboxylic acids is 3. The fourth-order valence-corrected chi connectivity index (χ4v) is 6.02. The van der Waals surface area contributed by atoms with Crippen LogP contribution in [0.5, 0.6) is 0 Å². The van der Waals surface area contributed by atoms with E-state index in [-0.39, 0.29) is 24.3 Å². The Morgan fingerprint density at radius 3 is 1.83 bits per heavy atom. The third-order valence-electron chi connectivity index (χ3n) is 4.23. The van der Waals surface area contributed by atoms with E-state index in [0.717, 1.165) is 30.9 Å². The summed E-state index contributed by atoms with van der Waals surface area (Å²) in [5.74, 6) is -0.629. The number of hydrogen-bond donors (Lipinski definition) is 2. The topological polar surface area (TPSA) is 134 Å². The van der Waals surface area contributed by atoms with Gasteiger partial charge in [-0.1, -0.05) is 0 Å². The number of thiophene rings is 2. The Balaban J connectivity index is 0.000000198. The summed E-state index contributed by atoms with van der Waals surface area (Å²) in [4.78, 5) is 45.6. The number of nitrogens with zero attached hydrogens (tertiary/aromatic N) is 2. The van der Waals surface area contributed by atoms with Gasteiger partial charge in [0, 0.05) is 27.4 Å². The van der Waals surface area contributed by atoms with E-state index < -0.39 is 0 Å². The molecule has 0 atom stereocenters. The van der Waals surface area contributed by atoms with Gasteiger partial charge in [0.2, 0.25) is 5.91 Å². The summed E-state index contributed by atoms with van der Waals surface area (Å²) in [6.07, 6.45) is 0.574. The highest BCUT2D eigenvalue weighted by molar-refractivity contribution is 7.17. The smallest absolute Gasteiger partial charge is 0.310 e. The fourth-order valence-electron chi connectivity index (χ4n) is 2.65. The first kappa shape index (κ1) is 26.5. The van der Waals surface area contributed by atoms with Crippen LogP contribution in [-0.2, 0) is 36.7 Å². The number of nitrogens with two attached hydrogens (primary N) is 1. The Kier molecular flexibility index (Phi) is 9.48. The molecule has 0 fully saturated rings. The van der Waals surface area contributed by atoms with Gasteiger partial charge in [0.15, 0.2) is 10.3 Å². The normalized spacial score (nSPS) is 10.3. The van der Waals surface area contributed by atoms with Crippen molar-refractivity contribution in [2.24, 2.45) is 0 Å². The number of amides is 1. The molecule has 1 amide bonds. The molecule has 0 aliphatic carbocycles. The highest BCUT2D eigenvalue weighted by Gasteiger charge is 2.11. The first-order valence-corrected chi connectivity index (χ1v) is 13.4. The Hall–Kier alpha value is -3.13. The second-order valence-corrected chi connectivity index (χ2v) is 10.9. The number of nitrogen functional groups attached to an aromatic ring is 1. The molecule has 4 rings (SSSR count). The number of anilines is 2. The van der Waals surface area contributed by atoms with Crippen molar-refractivity contribution >= 4 is 73.5 Å². The van der Waals surface area contributed by atoms with Gasteiger partial charge < -0.3 is 20.5 Å². The van der Waals surface area contributed by atoms with Crippen molar-refractivity contribution in [3.8, 4) is 21.1 Å². The number of hydrogen-bond acceptors (Lipinski definition) is 12. The molecule has 0 bridgehead atoms. The van der Waals surface area contributed by atoms with E-state index in [1.807, 2.05) is 35.0 Å². The summed E-state index contributed by atoms with van der Waals surface area (Å²) in [6.45, 7) is 1.45. The minimum atomic E-state index is -0.259. The molecule has 0 aliphatic rings. The van der Waals surface area contributed by atoms with Crippen LogP contribution >= 0.6 is 45.3 Å². The van der Waals surface area contributed by atoms with Crippen molar-refractivity contribution in [2.45, 2.75) is 19.8 Å². The minimum absolute atomic E-state index is 0.140. The molecule has 4 heterocycles. The summed E-state index contributed by atoms with van der Waals surface area (Å²) in [5.41, 5.74) is 7.23. The molecule has 0 spiro atoms. The highest BCUT2D eigenvalue weighted by atomic mass is 32.1. The largest absolute Gasteiger partial charge is 0.469 e. The molecule has 0 unspecified atom stereocenters. The number of rotatable bonds is 7. The lowest BCUT2D eigenvalue weighted by Gasteiger charge is -1.95. The van der Waals surface area contributed by atoms with Gasteiger partial charge in [-0.25, -0.2) is 9.97 Å². The van der Waals surface area contributed by atoms with Gasteiger partial charge in [-0.15, -0.1) is 45.3 Å². The Bertz CT molecular complexity index is 1310. The number of nitrogens with one attached hydrogen (secondary N) is 1. The number of carbonyl (C=O) groups is 3. The van der Waals surface area contributed by atoms with Crippen LogP contribution in [-0.4, -0.2) is 42.0 Å². The lowest BCUT2D eigenvalue weighted by atomic mass is 10.3. The van der Waals surface area contributed by atoms with E-state index in [4.69, 9.17) is 5.73 Å². The van der Waals surface area contributed by atoms with E-state index in [1.54, 1.807) is 0 Å². The molecule has 0 saturated heterocycles. The molecular weight excluding hydrogens is 529 g/mol. The molecule has 0 saturated carbocycles. The summed E-state index contributed by atoms with van der Waals surface area (Å²) < 4.78 is 9.23. The van der Waals surface area contributed by atoms with Gasteiger partial charge in [-0.05, 0) is 24.3 Å².